The number of nitrogens with zero attached hydrogens (tertiary/aromatic N) is 1. The van der Waals surface area contributed by atoms with Crippen LogP contribution in [0.1, 0.15) is 50.0 Å². The minimum Gasteiger partial charge on any atom is -0.338 e. The third-order valence-electron chi connectivity index (χ3n) is 4.67. The molecule has 1 aliphatic heterocycles. The lowest BCUT2D eigenvalue weighted by Gasteiger charge is -2.42. The molecule has 1 aromatic rings. The molecule has 1 saturated heterocycles. The van der Waals surface area contributed by atoms with Crippen molar-refractivity contribution in [1.82, 2.24) is 15.5 Å². The molecule has 138 valence electrons. The van der Waals surface area contributed by atoms with Gasteiger partial charge in [0.1, 0.15) is 0 Å². The standard InChI is InChI=1S/C19H30N4O2/c1-13(2)22-18(25)21-11-14-5-7-15(8-6-14)17(24)23-10-9-16(20)19(3,4)12-23/h5-8,13,16H,9-12,20H2,1-4H3,(H2,21,22,25). The maximum atomic E-state index is 12.7. The molecule has 3 amide bonds. The molecule has 1 atom stereocenters. The first-order chi connectivity index (χ1) is 11.7. The number of nitrogens with one attached hydrogen (secondary N) is 2. The SMILES string of the molecule is CC(C)NC(=O)NCc1ccc(C(=O)N2CCC(N)C(C)(C)C2)cc1. The molecule has 4 N–H and O–H groups in total. The topological polar surface area (TPSA) is 87.5 Å². The Morgan fingerprint density at radius 1 is 1.28 bits per heavy atom. The van der Waals surface area contributed by atoms with Gasteiger partial charge in [0, 0.05) is 37.3 Å². The molecule has 25 heavy (non-hydrogen) atoms. The molecule has 6 nitrogen and oxygen atoms in total. The molecule has 1 aromatic carbocycles. The molecule has 1 aliphatic rings. The molecule has 0 saturated carbocycles. The highest BCUT2D eigenvalue weighted by atomic mass is 16.2. The molecule has 0 aliphatic carbocycles. The fraction of sp³-hybridized carbons (Fsp3) is 0.579. The summed E-state index contributed by atoms with van der Waals surface area (Å²) in [5.41, 5.74) is 7.70. The van der Waals surface area contributed by atoms with Crippen LogP contribution in [0.4, 0.5) is 4.79 Å². The zero-order chi connectivity index (χ0) is 18.6. The Balaban J connectivity index is 1.93. The fourth-order valence-electron chi connectivity index (χ4n) is 2.99. The summed E-state index contributed by atoms with van der Waals surface area (Å²) in [6.07, 6.45) is 0.825. The van der Waals surface area contributed by atoms with E-state index in [0.717, 1.165) is 12.0 Å². The van der Waals surface area contributed by atoms with Gasteiger partial charge in [0.05, 0.1) is 0 Å². The highest BCUT2D eigenvalue weighted by Gasteiger charge is 2.35. The summed E-state index contributed by atoms with van der Waals surface area (Å²) < 4.78 is 0. The predicted octanol–water partition coefficient (Wildman–Crippen LogP) is 2.09. The first-order valence-corrected chi connectivity index (χ1v) is 8.87. The second-order valence-corrected chi connectivity index (χ2v) is 7.79. The molecule has 0 spiro atoms. The van der Waals surface area contributed by atoms with E-state index < -0.39 is 0 Å². The number of amides is 3. The first-order valence-electron chi connectivity index (χ1n) is 8.87. The van der Waals surface area contributed by atoms with Gasteiger partial charge >= 0.3 is 6.03 Å². The lowest BCUT2D eigenvalue weighted by Crippen LogP contribution is -2.54. The lowest BCUT2D eigenvalue weighted by atomic mass is 9.79. The van der Waals surface area contributed by atoms with Gasteiger partial charge in [-0.05, 0) is 43.4 Å². The molecule has 1 heterocycles. The second kappa shape index (κ2) is 7.87. The Morgan fingerprint density at radius 3 is 2.48 bits per heavy atom. The van der Waals surface area contributed by atoms with E-state index in [4.69, 9.17) is 5.73 Å². The third-order valence-corrected chi connectivity index (χ3v) is 4.67. The van der Waals surface area contributed by atoms with Crippen LogP contribution in [0.15, 0.2) is 24.3 Å². The van der Waals surface area contributed by atoms with Crippen molar-refractivity contribution in [2.24, 2.45) is 11.1 Å². The van der Waals surface area contributed by atoms with Crippen molar-refractivity contribution in [2.45, 2.75) is 52.7 Å². The van der Waals surface area contributed by atoms with E-state index in [-0.39, 0.29) is 29.4 Å². The molecule has 1 unspecified atom stereocenters. The van der Waals surface area contributed by atoms with Crippen LogP contribution in [-0.4, -0.2) is 42.0 Å². The van der Waals surface area contributed by atoms with Crippen molar-refractivity contribution >= 4 is 11.9 Å². The molecular weight excluding hydrogens is 316 g/mol. The van der Waals surface area contributed by atoms with Gasteiger partial charge in [0.2, 0.25) is 0 Å². The monoisotopic (exact) mass is 346 g/mol. The van der Waals surface area contributed by atoms with Crippen LogP contribution in [0.5, 0.6) is 0 Å². The van der Waals surface area contributed by atoms with Crippen LogP contribution in [0, 0.1) is 5.41 Å². The van der Waals surface area contributed by atoms with Gasteiger partial charge in [-0.3, -0.25) is 4.79 Å². The zero-order valence-electron chi connectivity index (χ0n) is 15.6. The van der Waals surface area contributed by atoms with E-state index in [0.29, 0.717) is 25.2 Å². The average molecular weight is 346 g/mol. The number of carbonyl (C=O) groups excluding carboxylic acids is 2. The fourth-order valence-corrected chi connectivity index (χ4v) is 2.99. The molecule has 0 bridgehead atoms. The summed E-state index contributed by atoms with van der Waals surface area (Å²) >= 11 is 0. The Hall–Kier alpha value is -2.08. The Kier molecular flexibility index (Phi) is 6.06. The second-order valence-electron chi connectivity index (χ2n) is 7.79. The van der Waals surface area contributed by atoms with Crippen LogP contribution in [-0.2, 0) is 6.54 Å². The lowest BCUT2D eigenvalue weighted by molar-refractivity contribution is 0.0533. The molecule has 0 aromatic heterocycles. The normalized spacial score (nSPS) is 19.6. The maximum absolute atomic E-state index is 12.7. The van der Waals surface area contributed by atoms with E-state index >= 15 is 0 Å². The maximum Gasteiger partial charge on any atom is 0.315 e. The van der Waals surface area contributed by atoms with Crippen LogP contribution in [0.2, 0.25) is 0 Å². The van der Waals surface area contributed by atoms with Gasteiger partial charge in [-0.1, -0.05) is 26.0 Å². The minimum absolute atomic E-state index is 0.0389. The largest absolute Gasteiger partial charge is 0.338 e. The number of hydrogen-bond donors (Lipinski definition) is 3. The molecular formula is C19H30N4O2. The average Bonchev–Trinajstić information content (AvgIpc) is 2.54. The van der Waals surface area contributed by atoms with E-state index in [1.165, 1.54) is 0 Å². The predicted molar refractivity (Wildman–Crippen MR) is 99.2 cm³/mol. The minimum atomic E-state index is -0.193. The number of hydrogen-bond acceptors (Lipinski definition) is 3. The summed E-state index contributed by atoms with van der Waals surface area (Å²) in [5.74, 6) is 0.0389. The number of rotatable bonds is 4. The highest BCUT2D eigenvalue weighted by molar-refractivity contribution is 5.94. The van der Waals surface area contributed by atoms with Gasteiger partial charge < -0.3 is 21.3 Å². The first kappa shape index (κ1) is 19.2. The molecule has 2 rings (SSSR count). The Bertz CT molecular complexity index is 610. The number of nitrogens with two attached hydrogens (primary N) is 1. The number of urea groups is 1. The summed E-state index contributed by atoms with van der Waals surface area (Å²) in [6, 6.07) is 7.43. The van der Waals surface area contributed by atoms with Crippen LogP contribution in [0.25, 0.3) is 0 Å². The Morgan fingerprint density at radius 2 is 1.92 bits per heavy atom. The van der Waals surface area contributed by atoms with Gasteiger partial charge in [-0.2, -0.15) is 0 Å². The van der Waals surface area contributed by atoms with E-state index in [1.807, 2.05) is 43.0 Å². The van der Waals surface area contributed by atoms with Crippen molar-refractivity contribution < 1.29 is 9.59 Å². The smallest absolute Gasteiger partial charge is 0.315 e. The molecule has 1 fully saturated rings. The quantitative estimate of drug-likeness (QED) is 0.780. The van der Waals surface area contributed by atoms with Crippen molar-refractivity contribution in [3.05, 3.63) is 35.4 Å². The summed E-state index contributed by atoms with van der Waals surface area (Å²) in [5, 5.41) is 5.57. The highest BCUT2D eigenvalue weighted by Crippen LogP contribution is 2.28. The van der Waals surface area contributed by atoms with E-state index in [2.05, 4.69) is 24.5 Å². The third kappa shape index (κ3) is 5.19. The van der Waals surface area contributed by atoms with E-state index in [9.17, 15) is 9.59 Å². The number of carbonyl (C=O) groups is 2. The summed E-state index contributed by atoms with van der Waals surface area (Å²) in [6.45, 7) is 9.83. The number of benzene rings is 1. The van der Waals surface area contributed by atoms with Crippen molar-refractivity contribution in [3.8, 4) is 0 Å². The van der Waals surface area contributed by atoms with Gasteiger partial charge in [-0.25, -0.2) is 4.79 Å². The van der Waals surface area contributed by atoms with E-state index in [1.54, 1.807) is 0 Å². The van der Waals surface area contributed by atoms with Gasteiger partial charge in [-0.15, -0.1) is 0 Å². The number of piperidine rings is 1. The molecule has 6 heteroatoms. The van der Waals surface area contributed by atoms with Crippen molar-refractivity contribution in [1.29, 1.82) is 0 Å². The van der Waals surface area contributed by atoms with Gasteiger partial charge in [0.25, 0.3) is 5.91 Å². The van der Waals surface area contributed by atoms with Crippen LogP contribution in [0.3, 0.4) is 0 Å². The molecule has 0 radical (unpaired) electrons. The van der Waals surface area contributed by atoms with Crippen molar-refractivity contribution in [2.75, 3.05) is 13.1 Å². The number of likely N-dealkylation sites (tertiary alicyclic amines) is 1. The Labute approximate surface area is 150 Å². The summed E-state index contributed by atoms with van der Waals surface area (Å²) in [7, 11) is 0. The van der Waals surface area contributed by atoms with Gasteiger partial charge in [0.15, 0.2) is 0 Å². The van der Waals surface area contributed by atoms with Crippen LogP contribution >= 0.6 is 0 Å². The van der Waals surface area contributed by atoms with Crippen LogP contribution < -0.4 is 16.4 Å². The summed E-state index contributed by atoms with van der Waals surface area (Å²) in [4.78, 5) is 26.2. The zero-order valence-corrected chi connectivity index (χ0v) is 15.6. The van der Waals surface area contributed by atoms with Crippen molar-refractivity contribution in [3.63, 3.8) is 0 Å².